The predicted molar refractivity (Wildman–Crippen MR) is 106 cm³/mol. The lowest BCUT2D eigenvalue weighted by Gasteiger charge is -2.14. The van der Waals surface area contributed by atoms with E-state index in [1.165, 1.54) is 38.3 Å². The molecule has 150 valence electrons. The maximum absolute atomic E-state index is 12.5. The molecule has 0 aromatic heterocycles. The Morgan fingerprint density at radius 2 is 1.75 bits per heavy atom. The second-order valence-corrected chi connectivity index (χ2v) is 8.19. The summed E-state index contributed by atoms with van der Waals surface area (Å²) in [5, 5.41) is 0. The number of hydrogen-bond acceptors (Lipinski definition) is 6. The van der Waals surface area contributed by atoms with E-state index < -0.39 is 22.1 Å². The summed E-state index contributed by atoms with van der Waals surface area (Å²) in [6, 6.07) is 11.4. The molecular formula is C20H23NO6S. The fourth-order valence-corrected chi connectivity index (χ4v) is 3.21. The second kappa shape index (κ2) is 8.88. The summed E-state index contributed by atoms with van der Waals surface area (Å²) in [5.41, 5.74) is 2.32. The average Bonchev–Trinajstić information content (AvgIpc) is 2.60. The van der Waals surface area contributed by atoms with Crippen LogP contribution in [0, 0.1) is 6.92 Å². The first-order valence-electron chi connectivity index (χ1n) is 8.54. The Balaban J connectivity index is 2.02. The summed E-state index contributed by atoms with van der Waals surface area (Å²) in [4.78, 5) is 24.7. The van der Waals surface area contributed by atoms with E-state index in [0.717, 1.165) is 11.8 Å². The first kappa shape index (κ1) is 21.4. The van der Waals surface area contributed by atoms with Crippen molar-refractivity contribution in [1.82, 2.24) is 0 Å². The number of anilines is 1. The van der Waals surface area contributed by atoms with Gasteiger partial charge in [-0.2, -0.15) is 0 Å². The minimum atomic E-state index is -3.40. The number of aryl methyl sites for hydroxylation is 1. The molecule has 7 nitrogen and oxygen atoms in total. The zero-order valence-corrected chi connectivity index (χ0v) is 17.0. The van der Waals surface area contributed by atoms with Gasteiger partial charge in [0.2, 0.25) is 15.8 Å². The van der Waals surface area contributed by atoms with Crippen LogP contribution in [-0.2, 0) is 26.0 Å². The molecule has 0 aliphatic rings. The number of carbonyl (C=O) groups excluding carboxylic acids is 2. The van der Waals surface area contributed by atoms with Gasteiger partial charge in [0, 0.05) is 16.8 Å². The number of carbonyl (C=O) groups is 2. The van der Waals surface area contributed by atoms with Crippen molar-refractivity contribution >= 4 is 27.5 Å². The number of nitrogens with one attached hydrogen (secondary N) is 1. The first-order valence-corrected chi connectivity index (χ1v) is 10.4. The van der Waals surface area contributed by atoms with Gasteiger partial charge in [-0.1, -0.05) is 17.7 Å². The van der Waals surface area contributed by atoms with Crippen molar-refractivity contribution in [3.05, 3.63) is 59.2 Å². The average molecular weight is 405 g/mol. The molecule has 0 heterocycles. The van der Waals surface area contributed by atoms with Crippen molar-refractivity contribution in [3.63, 3.8) is 0 Å². The van der Waals surface area contributed by atoms with Crippen molar-refractivity contribution in [2.75, 3.05) is 18.1 Å². The number of methoxy groups -OCH3 is 1. The highest BCUT2D eigenvalue weighted by Gasteiger charge is 2.20. The molecule has 0 fully saturated rings. The van der Waals surface area contributed by atoms with Gasteiger partial charge in [-0.05, 0) is 44.2 Å². The molecule has 0 unspecified atom stereocenters. The number of ether oxygens (including phenoxy) is 2. The summed E-state index contributed by atoms with van der Waals surface area (Å²) in [6.45, 7) is 3.40. The van der Waals surface area contributed by atoms with Gasteiger partial charge in [0.1, 0.15) is 5.75 Å². The molecule has 2 aromatic carbocycles. The van der Waals surface area contributed by atoms with Gasteiger partial charge in [-0.25, -0.2) is 8.42 Å². The van der Waals surface area contributed by atoms with Crippen LogP contribution >= 0.6 is 0 Å². The molecule has 0 radical (unpaired) electrons. The zero-order valence-electron chi connectivity index (χ0n) is 16.2. The molecule has 1 N–H and O–H groups in total. The fraction of sp³-hybridized carbons (Fsp3) is 0.300. The molecule has 1 atom stereocenters. The van der Waals surface area contributed by atoms with Crippen LogP contribution in [0.3, 0.4) is 0 Å². The van der Waals surface area contributed by atoms with Crippen LogP contribution < -0.4 is 9.46 Å². The minimum Gasteiger partial charge on any atom is -0.496 e. The molecule has 0 spiro atoms. The Bertz CT molecular complexity index is 967. The number of benzene rings is 2. The van der Waals surface area contributed by atoms with Crippen LogP contribution in [0.15, 0.2) is 42.5 Å². The summed E-state index contributed by atoms with van der Waals surface area (Å²) in [7, 11) is -1.87. The van der Waals surface area contributed by atoms with Gasteiger partial charge in [0.25, 0.3) is 0 Å². The fourth-order valence-electron chi connectivity index (χ4n) is 2.64. The van der Waals surface area contributed by atoms with E-state index in [-0.39, 0.29) is 12.2 Å². The quantitative estimate of drug-likeness (QED) is 0.536. The number of Topliss-reactive ketones (excluding diaryl/α,β-unsaturated/α-hetero) is 1. The smallest absolute Gasteiger partial charge is 0.311 e. The molecule has 0 saturated carbocycles. The van der Waals surface area contributed by atoms with Crippen LogP contribution in [0.5, 0.6) is 5.75 Å². The third kappa shape index (κ3) is 6.09. The minimum absolute atomic E-state index is 0.0142. The maximum Gasteiger partial charge on any atom is 0.311 e. The first-order chi connectivity index (χ1) is 13.1. The third-order valence-corrected chi connectivity index (χ3v) is 4.53. The summed E-state index contributed by atoms with van der Waals surface area (Å²) in [6.07, 6.45) is 0.0493. The van der Waals surface area contributed by atoms with Crippen LogP contribution in [-0.4, -0.2) is 39.6 Å². The highest BCUT2D eigenvalue weighted by Crippen LogP contribution is 2.21. The third-order valence-electron chi connectivity index (χ3n) is 3.92. The van der Waals surface area contributed by atoms with E-state index in [1.54, 1.807) is 6.07 Å². The van der Waals surface area contributed by atoms with E-state index in [0.29, 0.717) is 22.6 Å². The molecule has 0 saturated heterocycles. The number of ketones is 1. The lowest BCUT2D eigenvalue weighted by Crippen LogP contribution is -2.25. The second-order valence-electron chi connectivity index (χ2n) is 6.44. The normalized spacial score (nSPS) is 12.1. The molecule has 2 rings (SSSR count). The predicted octanol–water partition coefficient (Wildman–Crippen LogP) is 2.73. The molecule has 28 heavy (non-hydrogen) atoms. The van der Waals surface area contributed by atoms with Crippen LogP contribution in [0.4, 0.5) is 5.69 Å². The Labute approximate surface area is 164 Å². The van der Waals surface area contributed by atoms with E-state index in [2.05, 4.69) is 4.72 Å². The van der Waals surface area contributed by atoms with Gasteiger partial charge in [-0.3, -0.25) is 14.3 Å². The number of sulfonamides is 1. The van der Waals surface area contributed by atoms with E-state index in [4.69, 9.17) is 9.47 Å². The Morgan fingerprint density at radius 3 is 2.32 bits per heavy atom. The maximum atomic E-state index is 12.5. The van der Waals surface area contributed by atoms with Gasteiger partial charge >= 0.3 is 5.97 Å². The molecule has 0 bridgehead atoms. The largest absolute Gasteiger partial charge is 0.496 e. The summed E-state index contributed by atoms with van der Waals surface area (Å²) in [5.74, 6) is -0.342. The van der Waals surface area contributed by atoms with E-state index >= 15 is 0 Å². The van der Waals surface area contributed by atoms with Gasteiger partial charge < -0.3 is 9.47 Å². The molecule has 0 aliphatic heterocycles. The lowest BCUT2D eigenvalue weighted by molar-refractivity contribution is -0.145. The highest BCUT2D eigenvalue weighted by molar-refractivity contribution is 7.92. The topological polar surface area (TPSA) is 98.8 Å². The monoisotopic (exact) mass is 405 g/mol. The highest BCUT2D eigenvalue weighted by atomic mass is 32.2. The van der Waals surface area contributed by atoms with Crippen LogP contribution in [0.1, 0.15) is 28.4 Å². The molecule has 2 aromatic rings. The van der Waals surface area contributed by atoms with E-state index in [1.807, 2.05) is 19.1 Å². The van der Waals surface area contributed by atoms with Gasteiger partial charge in [-0.15, -0.1) is 0 Å². The van der Waals surface area contributed by atoms with Crippen molar-refractivity contribution in [1.29, 1.82) is 0 Å². The zero-order chi connectivity index (χ0) is 20.9. The molecular weight excluding hydrogens is 382 g/mol. The molecule has 8 heteroatoms. The van der Waals surface area contributed by atoms with Gasteiger partial charge in [0.05, 0.1) is 19.8 Å². The standard InChI is InChI=1S/C20H23NO6S/c1-13-5-10-18(26-3)16(11-13)12-19(22)27-14(2)20(23)15-6-8-17(9-7-15)21-28(4,24)25/h5-11,14,21H,12H2,1-4H3/t14-/m0/s1. The van der Waals surface area contributed by atoms with Crippen molar-refractivity contribution in [3.8, 4) is 5.75 Å². The Kier molecular flexibility index (Phi) is 6.80. The van der Waals surface area contributed by atoms with Crippen molar-refractivity contribution in [2.24, 2.45) is 0 Å². The van der Waals surface area contributed by atoms with Crippen LogP contribution in [0.2, 0.25) is 0 Å². The van der Waals surface area contributed by atoms with Crippen molar-refractivity contribution in [2.45, 2.75) is 26.4 Å². The summed E-state index contributed by atoms with van der Waals surface area (Å²) >= 11 is 0. The SMILES string of the molecule is COc1ccc(C)cc1CC(=O)O[C@@H](C)C(=O)c1ccc(NS(C)(=O)=O)cc1. The molecule has 0 amide bonds. The number of rotatable bonds is 8. The Morgan fingerprint density at radius 1 is 1.11 bits per heavy atom. The van der Waals surface area contributed by atoms with Gasteiger partial charge in [0.15, 0.2) is 6.10 Å². The van der Waals surface area contributed by atoms with Crippen molar-refractivity contribution < 1.29 is 27.5 Å². The Hall–Kier alpha value is -2.87. The van der Waals surface area contributed by atoms with E-state index in [9.17, 15) is 18.0 Å². The van der Waals surface area contributed by atoms with Crippen LogP contribution in [0.25, 0.3) is 0 Å². The lowest BCUT2D eigenvalue weighted by atomic mass is 10.1. The number of esters is 1. The molecule has 0 aliphatic carbocycles. The number of hydrogen-bond donors (Lipinski definition) is 1. The summed E-state index contributed by atoms with van der Waals surface area (Å²) < 4.78 is 35.3.